The van der Waals surface area contributed by atoms with E-state index in [0.29, 0.717) is 18.9 Å². The third-order valence-electron chi connectivity index (χ3n) is 6.16. The summed E-state index contributed by atoms with van der Waals surface area (Å²) in [4.78, 5) is 26.1. The average Bonchev–Trinajstić information content (AvgIpc) is 3.09. The Labute approximate surface area is 159 Å². The van der Waals surface area contributed by atoms with Crippen molar-refractivity contribution in [2.75, 3.05) is 24.5 Å². The molecule has 0 atom stereocenters. The lowest BCUT2D eigenvalue weighted by molar-refractivity contribution is -0.133. The van der Waals surface area contributed by atoms with Gasteiger partial charge >= 0.3 is 0 Å². The Balaban J connectivity index is 1.23. The van der Waals surface area contributed by atoms with Crippen LogP contribution in [0.5, 0.6) is 0 Å². The molecule has 27 heavy (non-hydrogen) atoms. The second-order valence-corrected chi connectivity index (χ2v) is 7.94. The van der Waals surface area contributed by atoms with Crippen LogP contribution in [0.2, 0.25) is 0 Å². The summed E-state index contributed by atoms with van der Waals surface area (Å²) < 4.78 is 0. The summed E-state index contributed by atoms with van der Waals surface area (Å²) in [6.07, 6.45) is 5.33. The summed E-state index contributed by atoms with van der Waals surface area (Å²) in [6.45, 7) is 7.34. The molecule has 2 aromatic heterocycles. The number of carbonyl (C=O) groups is 1. The summed E-state index contributed by atoms with van der Waals surface area (Å²) in [5, 5.41) is 3.44. The van der Waals surface area contributed by atoms with Crippen molar-refractivity contribution in [3.8, 4) is 0 Å². The Morgan fingerprint density at radius 3 is 2.81 bits per heavy atom. The van der Waals surface area contributed by atoms with E-state index in [1.807, 2.05) is 29.4 Å². The minimum atomic E-state index is 0.271. The normalized spacial score (nSPS) is 18.9. The van der Waals surface area contributed by atoms with Gasteiger partial charge in [0.1, 0.15) is 0 Å². The van der Waals surface area contributed by atoms with Crippen molar-refractivity contribution in [1.82, 2.24) is 20.2 Å². The predicted molar refractivity (Wildman–Crippen MR) is 103 cm³/mol. The summed E-state index contributed by atoms with van der Waals surface area (Å²) in [5.74, 6) is 0.718. The third kappa shape index (κ3) is 2.98. The molecule has 0 spiro atoms. The number of hydrogen-bond donors (Lipinski definition) is 1. The van der Waals surface area contributed by atoms with E-state index < -0.39 is 0 Å². The minimum absolute atomic E-state index is 0.271. The highest BCUT2D eigenvalue weighted by molar-refractivity contribution is 5.77. The fraction of sp³-hybridized carbons (Fsp3) is 0.476. The van der Waals surface area contributed by atoms with Crippen LogP contribution in [0.1, 0.15) is 34.5 Å². The molecule has 140 valence electrons. The molecule has 6 heteroatoms. The molecule has 1 fully saturated rings. The average molecular weight is 363 g/mol. The second kappa shape index (κ2) is 6.60. The molecule has 1 amide bonds. The predicted octanol–water partition coefficient (Wildman–Crippen LogP) is 1.80. The van der Waals surface area contributed by atoms with Gasteiger partial charge in [0.15, 0.2) is 0 Å². The molecule has 0 aromatic carbocycles. The Bertz CT molecular complexity index is 876. The van der Waals surface area contributed by atoms with Crippen molar-refractivity contribution < 1.29 is 4.79 Å². The monoisotopic (exact) mass is 363 g/mol. The first-order valence-electron chi connectivity index (χ1n) is 9.82. The van der Waals surface area contributed by atoms with Crippen molar-refractivity contribution in [1.29, 1.82) is 0 Å². The van der Waals surface area contributed by atoms with E-state index >= 15 is 0 Å². The van der Waals surface area contributed by atoms with Gasteiger partial charge in [-0.05, 0) is 48.7 Å². The van der Waals surface area contributed by atoms with Crippen LogP contribution in [0.25, 0.3) is 0 Å². The van der Waals surface area contributed by atoms with Gasteiger partial charge in [-0.25, -0.2) is 0 Å². The van der Waals surface area contributed by atoms with Crippen molar-refractivity contribution in [3.05, 3.63) is 52.6 Å². The van der Waals surface area contributed by atoms with Gasteiger partial charge in [0.2, 0.25) is 5.91 Å². The fourth-order valence-electron chi connectivity index (χ4n) is 4.64. The first kappa shape index (κ1) is 16.7. The smallest absolute Gasteiger partial charge is 0.223 e. The van der Waals surface area contributed by atoms with Gasteiger partial charge in [0, 0.05) is 62.3 Å². The zero-order valence-corrected chi connectivity index (χ0v) is 15.7. The maximum absolute atomic E-state index is 12.9. The van der Waals surface area contributed by atoms with Crippen LogP contribution in [0.15, 0.2) is 24.5 Å². The molecule has 0 unspecified atom stereocenters. The Kier molecular flexibility index (Phi) is 4.08. The van der Waals surface area contributed by atoms with E-state index in [1.165, 1.54) is 22.4 Å². The minimum Gasteiger partial charge on any atom is -0.371 e. The number of pyridine rings is 2. The van der Waals surface area contributed by atoms with E-state index in [9.17, 15) is 4.79 Å². The van der Waals surface area contributed by atoms with Gasteiger partial charge in [-0.3, -0.25) is 14.8 Å². The van der Waals surface area contributed by atoms with E-state index in [2.05, 4.69) is 22.1 Å². The lowest BCUT2D eigenvalue weighted by Gasteiger charge is -2.41. The van der Waals surface area contributed by atoms with Crippen molar-refractivity contribution >= 4 is 11.6 Å². The highest BCUT2D eigenvalue weighted by Crippen LogP contribution is 2.32. The molecule has 0 saturated carbocycles. The number of anilines is 1. The molecule has 3 aliphatic rings. The summed E-state index contributed by atoms with van der Waals surface area (Å²) >= 11 is 0. The molecule has 1 N–H and O–H groups in total. The van der Waals surface area contributed by atoms with Gasteiger partial charge in [-0.15, -0.1) is 0 Å². The van der Waals surface area contributed by atoms with Crippen molar-refractivity contribution in [3.63, 3.8) is 0 Å². The number of aromatic nitrogens is 2. The van der Waals surface area contributed by atoms with E-state index in [4.69, 9.17) is 4.98 Å². The summed E-state index contributed by atoms with van der Waals surface area (Å²) in [5.41, 5.74) is 7.55. The van der Waals surface area contributed by atoms with Crippen LogP contribution in [-0.2, 0) is 30.8 Å². The topological polar surface area (TPSA) is 61.4 Å². The quantitative estimate of drug-likeness (QED) is 0.901. The van der Waals surface area contributed by atoms with Crippen LogP contribution < -0.4 is 10.2 Å². The first-order valence-corrected chi connectivity index (χ1v) is 9.82. The Morgan fingerprint density at radius 1 is 1.19 bits per heavy atom. The van der Waals surface area contributed by atoms with Crippen LogP contribution in [0.4, 0.5) is 5.69 Å². The molecule has 0 radical (unpaired) electrons. The van der Waals surface area contributed by atoms with Crippen LogP contribution >= 0.6 is 0 Å². The molecule has 6 nitrogen and oxygen atoms in total. The van der Waals surface area contributed by atoms with Crippen LogP contribution in [-0.4, -0.2) is 40.4 Å². The van der Waals surface area contributed by atoms with Gasteiger partial charge < -0.3 is 15.1 Å². The second-order valence-electron chi connectivity index (χ2n) is 7.94. The van der Waals surface area contributed by atoms with Crippen molar-refractivity contribution in [2.24, 2.45) is 5.92 Å². The third-order valence-corrected chi connectivity index (χ3v) is 6.16. The Morgan fingerprint density at radius 2 is 2.00 bits per heavy atom. The molecule has 5 heterocycles. The lowest BCUT2D eigenvalue weighted by atomic mass is 9.94. The van der Waals surface area contributed by atoms with Gasteiger partial charge in [-0.1, -0.05) is 0 Å². The highest BCUT2D eigenvalue weighted by atomic mass is 16.2. The zero-order chi connectivity index (χ0) is 18.4. The molecule has 5 rings (SSSR count). The number of hydrogen-bond acceptors (Lipinski definition) is 5. The maximum atomic E-state index is 12.9. The molecule has 3 aliphatic heterocycles. The van der Waals surface area contributed by atoms with Gasteiger partial charge in [0.05, 0.1) is 12.2 Å². The SMILES string of the molecule is Cc1nc2c(c3c1CNCC3)CN(C(=O)CC1CN(c3ccncc3)C1)C2. The molecule has 0 bridgehead atoms. The molecule has 1 saturated heterocycles. The molecule has 0 aliphatic carbocycles. The number of carbonyl (C=O) groups excluding carboxylic acids is 1. The lowest BCUT2D eigenvalue weighted by Crippen LogP contribution is -2.48. The maximum Gasteiger partial charge on any atom is 0.223 e. The van der Waals surface area contributed by atoms with E-state index in [-0.39, 0.29) is 5.91 Å². The number of amides is 1. The van der Waals surface area contributed by atoms with E-state index in [0.717, 1.165) is 50.5 Å². The number of nitrogens with zero attached hydrogens (tertiary/aromatic N) is 4. The first-order chi connectivity index (χ1) is 13.2. The van der Waals surface area contributed by atoms with Crippen molar-refractivity contribution in [2.45, 2.75) is 39.4 Å². The Hall–Kier alpha value is -2.47. The zero-order valence-electron chi connectivity index (χ0n) is 15.7. The molecule has 2 aromatic rings. The van der Waals surface area contributed by atoms with E-state index in [1.54, 1.807) is 0 Å². The highest BCUT2D eigenvalue weighted by Gasteiger charge is 2.34. The summed E-state index contributed by atoms with van der Waals surface area (Å²) in [7, 11) is 0. The number of nitrogens with one attached hydrogen (secondary N) is 1. The fourth-order valence-corrected chi connectivity index (χ4v) is 4.64. The molecular formula is C21H25N5O. The largest absolute Gasteiger partial charge is 0.371 e. The molecular weight excluding hydrogens is 338 g/mol. The number of fused-ring (bicyclic) bond motifs is 3. The number of rotatable bonds is 3. The summed E-state index contributed by atoms with van der Waals surface area (Å²) in [6, 6.07) is 4.06. The number of aryl methyl sites for hydroxylation is 1. The van der Waals surface area contributed by atoms with Crippen LogP contribution in [0, 0.1) is 12.8 Å². The van der Waals surface area contributed by atoms with Gasteiger partial charge in [-0.2, -0.15) is 0 Å². The van der Waals surface area contributed by atoms with Crippen LogP contribution in [0.3, 0.4) is 0 Å². The van der Waals surface area contributed by atoms with Gasteiger partial charge in [0.25, 0.3) is 0 Å². The standard InChI is InChI=1S/C21H25N5O/c1-14-18-9-23-7-4-17(18)19-12-26(13-20(19)24-14)21(27)8-15-10-25(11-15)16-2-5-22-6-3-16/h2-3,5-6,15,23H,4,7-13H2,1H3.